The zero-order valence-electron chi connectivity index (χ0n) is 16.4. The van der Waals surface area contributed by atoms with Crippen molar-refractivity contribution in [1.82, 2.24) is 4.98 Å². The van der Waals surface area contributed by atoms with Crippen molar-refractivity contribution in [1.29, 1.82) is 0 Å². The van der Waals surface area contributed by atoms with Gasteiger partial charge in [0.05, 0.1) is 25.0 Å². The molecule has 2 fully saturated rings. The van der Waals surface area contributed by atoms with Gasteiger partial charge in [-0.1, -0.05) is 0 Å². The topological polar surface area (TPSA) is 115 Å². The number of hydrogen-bond donors (Lipinski definition) is 0. The number of pyridine rings is 1. The highest BCUT2D eigenvalue weighted by Crippen LogP contribution is 2.30. The first kappa shape index (κ1) is 21.0. The van der Waals surface area contributed by atoms with Crippen molar-refractivity contribution in [2.45, 2.75) is 6.10 Å². The van der Waals surface area contributed by atoms with E-state index in [0.717, 1.165) is 6.26 Å². The van der Waals surface area contributed by atoms with E-state index in [-0.39, 0.29) is 24.4 Å². The molecule has 1 aromatic carbocycles. The van der Waals surface area contributed by atoms with Crippen molar-refractivity contribution in [3.8, 4) is 11.1 Å². The van der Waals surface area contributed by atoms with Crippen LogP contribution in [-0.4, -0.2) is 64.3 Å². The number of benzene rings is 1. The summed E-state index contributed by atoms with van der Waals surface area (Å²) in [6.45, 7) is 0.397. The van der Waals surface area contributed by atoms with E-state index in [1.807, 2.05) is 0 Å². The van der Waals surface area contributed by atoms with Crippen molar-refractivity contribution in [2.24, 2.45) is 0 Å². The summed E-state index contributed by atoms with van der Waals surface area (Å²) in [5.74, 6) is -0.179. The Morgan fingerprint density at radius 2 is 2.00 bits per heavy atom. The van der Waals surface area contributed by atoms with E-state index < -0.39 is 34.2 Å². The maximum Gasteiger partial charge on any atom is 0.415 e. The Hall–Kier alpha value is -3.25. The van der Waals surface area contributed by atoms with E-state index >= 15 is 0 Å². The first-order valence-electron chi connectivity index (χ1n) is 9.24. The Balaban J connectivity index is 1.48. The number of ether oxygens (including phenoxy) is 2. The zero-order valence-corrected chi connectivity index (χ0v) is 17.2. The largest absolute Gasteiger partial charge is 0.447 e. The molecule has 0 aliphatic carbocycles. The summed E-state index contributed by atoms with van der Waals surface area (Å²) in [4.78, 5) is 30.5. The third-order valence-electron chi connectivity index (χ3n) is 4.70. The maximum atomic E-state index is 14.8. The second-order valence-electron chi connectivity index (χ2n) is 6.94. The van der Waals surface area contributed by atoms with Crippen LogP contribution in [0.2, 0.25) is 0 Å². The molecule has 1 atom stereocenters. The molecule has 1 aromatic heterocycles. The molecule has 0 bridgehead atoms. The normalized spacial score (nSPS) is 19.0. The lowest BCUT2D eigenvalue weighted by Crippen LogP contribution is -2.26. The lowest BCUT2D eigenvalue weighted by molar-refractivity contribution is 0.107. The minimum absolute atomic E-state index is 0.0231. The van der Waals surface area contributed by atoms with Gasteiger partial charge < -0.3 is 9.47 Å². The van der Waals surface area contributed by atoms with Crippen LogP contribution < -0.4 is 9.80 Å². The molecule has 10 nitrogen and oxygen atoms in total. The average molecular weight is 451 g/mol. The quantitative estimate of drug-likeness (QED) is 0.614. The predicted octanol–water partition coefficient (Wildman–Crippen LogP) is 2.15. The standard InChI is InChI=1S/C19H18FN3O7S/c1-31(26,27)29-11-14-10-23(19(25)30-14)13-3-4-15(16(20)8-13)12-2-5-17(21-9-12)22-6-7-28-18(22)24/h2-5,8-9,14H,6-7,10-11H2,1H3/t14-/m1/s1. The lowest BCUT2D eigenvalue weighted by Gasteiger charge is -2.15. The maximum absolute atomic E-state index is 14.8. The number of aromatic nitrogens is 1. The highest BCUT2D eigenvalue weighted by molar-refractivity contribution is 7.85. The lowest BCUT2D eigenvalue weighted by atomic mass is 10.1. The Morgan fingerprint density at radius 3 is 2.61 bits per heavy atom. The highest BCUT2D eigenvalue weighted by atomic mass is 32.2. The summed E-state index contributed by atoms with van der Waals surface area (Å²) in [5.41, 5.74) is 1.01. The fourth-order valence-corrected chi connectivity index (χ4v) is 3.63. The summed E-state index contributed by atoms with van der Waals surface area (Å²) >= 11 is 0. The van der Waals surface area contributed by atoms with Crippen LogP contribution in [0.1, 0.15) is 0 Å². The molecule has 3 heterocycles. The molecule has 0 radical (unpaired) electrons. The molecule has 2 aromatic rings. The number of amides is 2. The second-order valence-corrected chi connectivity index (χ2v) is 8.58. The highest BCUT2D eigenvalue weighted by Gasteiger charge is 2.33. The monoisotopic (exact) mass is 451 g/mol. The minimum Gasteiger partial charge on any atom is -0.447 e. The van der Waals surface area contributed by atoms with Gasteiger partial charge in [0, 0.05) is 17.3 Å². The molecule has 0 saturated carbocycles. The van der Waals surface area contributed by atoms with Gasteiger partial charge in [0.2, 0.25) is 0 Å². The Labute approximate surface area is 177 Å². The molecule has 164 valence electrons. The van der Waals surface area contributed by atoms with Gasteiger partial charge in [-0.3, -0.25) is 14.0 Å². The Kier molecular flexibility index (Phi) is 5.50. The number of carbonyl (C=O) groups is 2. The summed E-state index contributed by atoms with van der Waals surface area (Å²) < 4.78 is 51.6. The van der Waals surface area contributed by atoms with Gasteiger partial charge in [-0.15, -0.1) is 0 Å². The van der Waals surface area contributed by atoms with E-state index in [2.05, 4.69) is 9.17 Å². The molecular weight excluding hydrogens is 433 g/mol. The van der Waals surface area contributed by atoms with Crippen LogP contribution in [0.25, 0.3) is 11.1 Å². The van der Waals surface area contributed by atoms with Gasteiger partial charge in [-0.05, 0) is 30.3 Å². The SMILES string of the molecule is CS(=O)(=O)OC[C@H]1CN(c2ccc(-c3ccc(N4CCOC4=O)nc3)c(F)c2)C(=O)O1. The molecule has 2 aliphatic rings. The molecule has 0 N–H and O–H groups in total. The van der Waals surface area contributed by atoms with Crippen LogP contribution in [-0.2, 0) is 23.8 Å². The summed E-state index contributed by atoms with van der Waals surface area (Å²) in [7, 11) is -3.67. The first-order chi connectivity index (χ1) is 14.7. The average Bonchev–Trinajstić information content (AvgIpc) is 3.31. The van der Waals surface area contributed by atoms with Crippen LogP contribution in [0.15, 0.2) is 36.5 Å². The fourth-order valence-electron chi connectivity index (χ4n) is 3.23. The number of carbonyl (C=O) groups excluding carboxylic acids is 2. The van der Waals surface area contributed by atoms with Gasteiger partial charge in [0.15, 0.2) is 0 Å². The number of halogens is 1. The van der Waals surface area contributed by atoms with Crippen LogP contribution in [0.5, 0.6) is 0 Å². The van der Waals surface area contributed by atoms with Crippen LogP contribution >= 0.6 is 0 Å². The third kappa shape index (κ3) is 4.59. The fraction of sp³-hybridized carbons (Fsp3) is 0.316. The van der Waals surface area contributed by atoms with Gasteiger partial charge >= 0.3 is 12.2 Å². The van der Waals surface area contributed by atoms with Crippen molar-refractivity contribution in [3.63, 3.8) is 0 Å². The van der Waals surface area contributed by atoms with E-state index in [1.54, 1.807) is 18.2 Å². The number of rotatable bonds is 6. The van der Waals surface area contributed by atoms with Crippen LogP contribution in [0.3, 0.4) is 0 Å². The predicted molar refractivity (Wildman–Crippen MR) is 107 cm³/mol. The third-order valence-corrected chi connectivity index (χ3v) is 5.27. The van der Waals surface area contributed by atoms with Crippen molar-refractivity contribution in [2.75, 3.05) is 42.4 Å². The van der Waals surface area contributed by atoms with E-state index in [4.69, 9.17) is 9.47 Å². The smallest absolute Gasteiger partial charge is 0.415 e. The zero-order chi connectivity index (χ0) is 22.2. The summed E-state index contributed by atoms with van der Waals surface area (Å²) in [6, 6.07) is 7.46. The van der Waals surface area contributed by atoms with Crippen molar-refractivity contribution < 1.29 is 36.1 Å². The molecule has 2 amide bonds. The summed E-state index contributed by atoms with van der Waals surface area (Å²) in [5, 5.41) is 0. The first-order valence-corrected chi connectivity index (χ1v) is 11.1. The molecule has 2 aliphatic heterocycles. The van der Waals surface area contributed by atoms with E-state index in [0.29, 0.717) is 24.5 Å². The number of nitrogens with zero attached hydrogens (tertiary/aromatic N) is 3. The van der Waals surface area contributed by atoms with E-state index in [9.17, 15) is 22.4 Å². The number of hydrogen-bond acceptors (Lipinski definition) is 8. The number of anilines is 2. The van der Waals surface area contributed by atoms with Crippen LogP contribution in [0, 0.1) is 5.82 Å². The molecule has 12 heteroatoms. The van der Waals surface area contributed by atoms with Crippen molar-refractivity contribution >= 4 is 33.8 Å². The Morgan fingerprint density at radius 1 is 1.19 bits per heavy atom. The molecule has 4 rings (SSSR count). The van der Waals surface area contributed by atoms with Crippen molar-refractivity contribution in [3.05, 3.63) is 42.3 Å². The van der Waals surface area contributed by atoms with Crippen LogP contribution in [0.4, 0.5) is 25.5 Å². The molecule has 31 heavy (non-hydrogen) atoms. The molecule has 0 unspecified atom stereocenters. The Bertz CT molecular complexity index is 1120. The minimum atomic E-state index is -3.67. The summed E-state index contributed by atoms with van der Waals surface area (Å²) in [6.07, 6.45) is 0.348. The van der Waals surface area contributed by atoms with E-state index in [1.165, 1.54) is 28.1 Å². The molecule has 0 spiro atoms. The van der Waals surface area contributed by atoms with Gasteiger partial charge in [-0.25, -0.2) is 19.0 Å². The molecular formula is C19H18FN3O7S. The van der Waals surface area contributed by atoms with Gasteiger partial charge in [0.1, 0.15) is 31.0 Å². The molecule has 2 saturated heterocycles. The second kappa shape index (κ2) is 8.12. The number of cyclic esters (lactones) is 2. The van der Waals surface area contributed by atoms with Gasteiger partial charge in [0.25, 0.3) is 10.1 Å². The van der Waals surface area contributed by atoms with Gasteiger partial charge in [-0.2, -0.15) is 8.42 Å².